The smallest absolute Gasteiger partial charge is 0.307 e. The monoisotopic (exact) mass is 263 g/mol. The average Bonchev–Trinajstić information content (AvgIpc) is 2.37. The first kappa shape index (κ1) is 15.7. The van der Waals surface area contributed by atoms with Gasteiger partial charge in [-0.25, -0.2) is 0 Å². The average molecular weight is 263 g/mol. The molecule has 0 aromatic heterocycles. The number of carboxylic acid groups (broad SMARTS) is 1. The van der Waals surface area contributed by atoms with Crippen LogP contribution in [0.25, 0.3) is 0 Å². The minimum atomic E-state index is -0.778. The molecule has 2 atom stereocenters. The van der Waals surface area contributed by atoms with Gasteiger partial charge in [-0.1, -0.05) is 44.5 Å². The van der Waals surface area contributed by atoms with Crippen LogP contribution in [-0.2, 0) is 17.8 Å². The van der Waals surface area contributed by atoms with Crippen LogP contribution in [-0.4, -0.2) is 17.1 Å². The summed E-state index contributed by atoms with van der Waals surface area (Å²) in [5.74, 6) is -0.0585. The molecule has 0 aliphatic rings. The van der Waals surface area contributed by atoms with Crippen molar-refractivity contribution in [2.45, 2.75) is 52.6 Å². The third-order valence-electron chi connectivity index (χ3n) is 3.55. The van der Waals surface area contributed by atoms with Gasteiger partial charge in [0.05, 0.1) is 6.42 Å². The molecule has 19 heavy (non-hydrogen) atoms. The summed E-state index contributed by atoms with van der Waals surface area (Å²) in [6, 6.07) is 8.20. The number of hydrogen-bond acceptors (Lipinski definition) is 2. The fraction of sp³-hybridized carbons (Fsp3) is 0.562. The van der Waals surface area contributed by atoms with Crippen LogP contribution < -0.4 is 5.32 Å². The van der Waals surface area contributed by atoms with E-state index < -0.39 is 5.97 Å². The minimum Gasteiger partial charge on any atom is -0.481 e. The topological polar surface area (TPSA) is 49.3 Å². The van der Waals surface area contributed by atoms with Gasteiger partial charge in [-0.15, -0.1) is 0 Å². The van der Waals surface area contributed by atoms with Crippen molar-refractivity contribution in [3.05, 3.63) is 35.4 Å². The molecule has 0 spiro atoms. The molecule has 0 heterocycles. The van der Waals surface area contributed by atoms with Gasteiger partial charge >= 0.3 is 5.97 Å². The molecule has 0 aliphatic carbocycles. The second kappa shape index (κ2) is 7.95. The summed E-state index contributed by atoms with van der Waals surface area (Å²) in [5, 5.41) is 12.4. The normalized spacial score (nSPS) is 14.1. The van der Waals surface area contributed by atoms with Crippen molar-refractivity contribution >= 4 is 5.97 Å². The van der Waals surface area contributed by atoms with E-state index in [4.69, 9.17) is 5.11 Å². The Bertz CT molecular complexity index is 403. The van der Waals surface area contributed by atoms with Gasteiger partial charge in [-0.3, -0.25) is 4.79 Å². The molecule has 2 N–H and O–H groups in total. The highest BCUT2D eigenvalue weighted by molar-refractivity contribution is 5.70. The molecule has 0 bridgehead atoms. The maximum absolute atomic E-state index is 10.8. The summed E-state index contributed by atoms with van der Waals surface area (Å²) in [4.78, 5) is 10.8. The third-order valence-corrected chi connectivity index (χ3v) is 3.55. The molecule has 0 aliphatic heterocycles. The number of carboxylic acids is 1. The van der Waals surface area contributed by atoms with E-state index in [1.807, 2.05) is 24.3 Å². The van der Waals surface area contributed by atoms with Crippen molar-refractivity contribution in [3.63, 3.8) is 0 Å². The lowest BCUT2D eigenvalue weighted by molar-refractivity contribution is -0.136. The van der Waals surface area contributed by atoms with Gasteiger partial charge in [0.2, 0.25) is 0 Å². The lowest BCUT2D eigenvalue weighted by atomic mass is 9.99. The summed E-state index contributed by atoms with van der Waals surface area (Å²) in [6.07, 6.45) is 2.44. The zero-order valence-corrected chi connectivity index (χ0v) is 12.1. The highest BCUT2D eigenvalue weighted by Crippen LogP contribution is 2.12. The first-order valence-corrected chi connectivity index (χ1v) is 7.04. The van der Waals surface area contributed by atoms with Crippen LogP contribution in [0.5, 0.6) is 0 Å². The van der Waals surface area contributed by atoms with Crippen LogP contribution in [0, 0.1) is 5.92 Å². The van der Waals surface area contributed by atoms with E-state index in [0.717, 1.165) is 30.0 Å². The first-order chi connectivity index (χ1) is 9.02. The molecule has 0 saturated heterocycles. The van der Waals surface area contributed by atoms with E-state index in [0.29, 0.717) is 6.04 Å². The number of aliphatic carboxylic acids is 1. The minimum absolute atomic E-state index is 0.0948. The molecule has 1 aromatic carbocycles. The molecule has 0 radical (unpaired) electrons. The molecular weight excluding hydrogens is 238 g/mol. The van der Waals surface area contributed by atoms with Gasteiger partial charge in [-0.05, 0) is 30.4 Å². The standard InChI is InChI=1S/C16H25NO2/c1-4-12(2)9-13(3)17-11-15-8-6-5-7-14(15)10-16(18)19/h5-8,12-13,17H,4,9-11H2,1-3H3,(H,18,19). The molecule has 0 fully saturated rings. The van der Waals surface area contributed by atoms with E-state index in [2.05, 4.69) is 26.1 Å². The zero-order chi connectivity index (χ0) is 14.3. The van der Waals surface area contributed by atoms with Crippen LogP contribution in [0.15, 0.2) is 24.3 Å². The molecular formula is C16H25NO2. The van der Waals surface area contributed by atoms with Gasteiger partial charge < -0.3 is 10.4 Å². The van der Waals surface area contributed by atoms with Gasteiger partial charge in [0.15, 0.2) is 0 Å². The van der Waals surface area contributed by atoms with E-state index in [9.17, 15) is 4.79 Å². The van der Waals surface area contributed by atoms with Gasteiger partial charge in [0.1, 0.15) is 0 Å². The maximum atomic E-state index is 10.8. The summed E-state index contributed by atoms with van der Waals surface area (Å²) in [7, 11) is 0. The predicted molar refractivity (Wildman–Crippen MR) is 78.2 cm³/mol. The second-order valence-electron chi connectivity index (χ2n) is 5.37. The van der Waals surface area contributed by atoms with Crippen molar-refractivity contribution in [2.24, 2.45) is 5.92 Å². The van der Waals surface area contributed by atoms with Crippen molar-refractivity contribution in [1.82, 2.24) is 5.32 Å². The molecule has 2 unspecified atom stereocenters. The molecule has 1 rings (SSSR count). The fourth-order valence-electron chi connectivity index (χ4n) is 2.20. The molecule has 1 aromatic rings. The third kappa shape index (κ3) is 5.88. The van der Waals surface area contributed by atoms with Crippen LogP contribution in [0.2, 0.25) is 0 Å². The molecule has 3 nitrogen and oxygen atoms in total. The Kier molecular flexibility index (Phi) is 6.57. The van der Waals surface area contributed by atoms with E-state index in [-0.39, 0.29) is 6.42 Å². The van der Waals surface area contributed by atoms with E-state index >= 15 is 0 Å². The van der Waals surface area contributed by atoms with Crippen LogP contribution in [0.4, 0.5) is 0 Å². The lowest BCUT2D eigenvalue weighted by Gasteiger charge is -2.18. The largest absolute Gasteiger partial charge is 0.481 e. The van der Waals surface area contributed by atoms with Crippen LogP contribution >= 0.6 is 0 Å². The lowest BCUT2D eigenvalue weighted by Crippen LogP contribution is -2.27. The Hall–Kier alpha value is -1.35. The highest BCUT2D eigenvalue weighted by atomic mass is 16.4. The van der Waals surface area contributed by atoms with Crippen molar-refractivity contribution < 1.29 is 9.90 Å². The molecule has 3 heteroatoms. The van der Waals surface area contributed by atoms with Crippen LogP contribution in [0.1, 0.15) is 44.7 Å². The van der Waals surface area contributed by atoms with Crippen molar-refractivity contribution in [1.29, 1.82) is 0 Å². The van der Waals surface area contributed by atoms with Gasteiger partial charge in [0, 0.05) is 12.6 Å². The summed E-state index contributed by atoms with van der Waals surface area (Å²) in [5.41, 5.74) is 1.99. The Morgan fingerprint density at radius 1 is 1.26 bits per heavy atom. The predicted octanol–water partition coefficient (Wildman–Crippen LogP) is 3.23. The van der Waals surface area contributed by atoms with Crippen molar-refractivity contribution in [2.75, 3.05) is 0 Å². The number of nitrogens with one attached hydrogen (secondary N) is 1. The molecule has 106 valence electrons. The second-order valence-corrected chi connectivity index (χ2v) is 5.37. The van der Waals surface area contributed by atoms with E-state index in [1.54, 1.807) is 0 Å². The van der Waals surface area contributed by atoms with Gasteiger partial charge in [-0.2, -0.15) is 0 Å². The molecule has 0 saturated carbocycles. The maximum Gasteiger partial charge on any atom is 0.307 e. The van der Waals surface area contributed by atoms with Crippen LogP contribution in [0.3, 0.4) is 0 Å². The van der Waals surface area contributed by atoms with Crippen molar-refractivity contribution in [3.8, 4) is 0 Å². The molecule has 0 amide bonds. The zero-order valence-electron chi connectivity index (χ0n) is 12.1. The number of benzene rings is 1. The summed E-state index contributed by atoms with van der Waals surface area (Å²) < 4.78 is 0. The Balaban J connectivity index is 2.55. The number of carbonyl (C=O) groups is 1. The number of rotatable bonds is 8. The van der Waals surface area contributed by atoms with E-state index in [1.165, 1.54) is 6.42 Å². The summed E-state index contributed by atoms with van der Waals surface area (Å²) in [6.45, 7) is 7.39. The number of hydrogen-bond donors (Lipinski definition) is 2. The Labute approximate surface area is 116 Å². The Morgan fingerprint density at radius 2 is 1.89 bits per heavy atom. The fourth-order valence-corrected chi connectivity index (χ4v) is 2.20. The highest BCUT2D eigenvalue weighted by Gasteiger charge is 2.09. The Morgan fingerprint density at radius 3 is 2.47 bits per heavy atom. The quantitative estimate of drug-likeness (QED) is 0.757. The van der Waals surface area contributed by atoms with Gasteiger partial charge in [0.25, 0.3) is 0 Å². The summed E-state index contributed by atoms with van der Waals surface area (Å²) >= 11 is 0. The SMILES string of the molecule is CCC(C)CC(C)NCc1ccccc1CC(=O)O. The first-order valence-electron chi connectivity index (χ1n) is 7.04.